The molecule has 0 radical (unpaired) electrons. The van der Waals surface area contributed by atoms with Crippen LogP contribution in [0, 0.1) is 0 Å². The van der Waals surface area contributed by atoms with E-state index in [4.69, 9.17) is 0 Å². The minimum absolute atomic E-state index is 0.00666. The highest BCUT2D eigenvalue weighted by Gasteiger charge is 2.38. The van der Waals surface area contributed by atoms with Gasteiger partial charge in [-0.25, -0.2) is 0 Å². The number of alkyl halides is 12. The first-order valence-electron chi connectivity index (χ1n) is 13.9. The first-order valence-corrected chi connectivity index (χ1v) is 13.9. The highest BCUT2D eigenvalue weighted by atomic mass is 19.4. The Morgan fingerprint density at radius 2 is 0.562 bits per heavy atom. The van der Waals surface area contributed by atoms with Gasteiger partial charge < -0.3 is 0 Å². The van der Waals surface area contributed by atoms with Crippen molar-refractivity contribution in [3.05, 3.63) is 131 Å². The van der Waals surface area contributed by atoms with Crippen molar-refractivity contribution in [1.29, 1.82) is 0 Å². The summed E-state index contributed by atoms with van der Waals surface area (Å²) in [6.07, 6.45) is -20.4. The fourth-order valence-corrected chi connectivity index (χ4v) is 5.64. The zero-order valence-electron chi connectivity index (χ0n) is 23.9. The van der Waals surface area contributed by atoms with Gasteiger partial charge in [-0.1, -0.05) is 48.5 Å². The van der Waals surface area contributed by atoms with Crippen LogP contribution in [0.2, 0.25) is 0 Å². The summed E-state index contributed by atoms with van der Waals surface area (Å²) in [5, 5.41) is 1.77. The largest absolute Gasteiger partial charge is 0.416 e. The Balaban J connectivity index is 1.67. The first kappa shape index (κ1) is 32.9. The Morgan fingerprint density at radius 3 is 0.854 bits per heavy atom. The average molecular weight is 679 g/mol. The van der Waals surface area contributed by atoms with Crippen LogP contribution in [0.5, 0.6) is 0 Å². The average Bonchev–Trinajstić information content (AvgIpc) is 3.01. The van der Waals surface area contributed by atoms with Crippen molar-refractivity contribution in [1.82, 2.24) is 0 Å². The van der Waals surface area contributed by atoms with Crippen molar-refractivity contribution in [3.63, 3.8) is 0 Å². The van der Waals surface area contributed by atoms with Crippen LogP contribution < -0.4 is 0 Å². The van der Waals surface area contributed by atoms with Gasteiger partial charge in [0.1, 0.15) is 0 Å². The molecular formula is C36H18F12. The molecule has 6 aromatic carbocycles. The van der Waals surface area contributed by atoms with Crippen molar-refractivity contribution >= 4 is 21.5 Å². The minimum atomic E-state index is -5.11. The van der Waals surface area contributed by atoms with Crippen LogP contribution in [-0.4, -0.2) is 0 Å². The van der Waals surface area contributed by atoms with Crippen LogP contribution in [0.1, 0.15) is 22.3 Å². The summed E-state index contributed by atoms with van der Waals surface area (Å²) in [6, 6.07) is 20.7. The van der Waals surface area contributed by atoms with Crippen LogP contribution >= 0.6 is 0 Å². The summed E-state index contributed by atoms with van der Waals surface area (Å²) >= 11 is 0. The lowest BCUT2D eigenvalue weighted by molar-refractivity contribution is -0.144. The van der Waals surface area contributed by atoms with Gasteiger partial charge in [-0.15, -0.1) is 0 Å². The minimum Gasteiger partial charge on any atom is -0.166 e. The third kappa shape index (κ3) is 6.43. The molecule has 48 heavy (non-hydrogen) atoms. The second kappa shape index (κ2) is 11.3. The van der Waals surface area contributed by atoms with Gasteiger partial charge in [0.25, 0.3) is 0 Å². The molecule has 0 saturated carbocycles. The lowest BCUT2D eigenvalue weighted by Crippen LogP contribution is -2.11. The maximum atomic E-state index is 13.7. The van der Waals surface area contributed by atoms with E-state index in [0.29, 0.717) is 45.8 Å². The third-order valence-corrected chi connectivity index (χ3v) is 7.86. The predicted octanol–water partition coefficient (Wildman–Crippen LogP) is 13.1. The summed E-state index contributed by atoms with van der Waals surface area (Å²) in [6.45, 7) is 0. The highest BCUT2D eigenvalue weighted by molar-refractivity contribution is 6.08. The molecule has 0 saturated heterocycles. The molecular weight excluding hydrogens is 660 g/mol. The van der Waals surface area contributed by atoms with Gasteiger partial charge >= 0.3 is 24.7 Å². The van der Waals surface area contributed by atoms with E-state index in [-0.39, 0.29) is 34.4 Å². The van der Waals surface area contributed by atoms with Crippen molar-refractivity contribution in [2.75, 3.05) is 0 Å². The number of halogens is 12. The molecule has 0 nitrogen and oxygen atoms in total. The molecule has 0 N–H and O–H groups in total. The number of benzene rings is 6. The molecule has 0 aliphatic rings. The van der Waals surface area contributed by atoms with Gasteiger partial charge in [-0.2, -0.15) is 52.7 Å². The number of rotatable bonds is 3. The molecule has 0 aliphatic heterocycles. The lowest BCUT2D eigenvalue weighted by Gasteiger charge is -2.18. The molecule has 0 fully saturated rings. The molecule has 6 rings (SSSR count). The zero-order valence-corrected chi connectivity index (χ0v) is 23.9. The van der Waals surface area contributed by atoms with E-state index >= 15 is 0 Å². The Morgan fingerprint density at radius 1 is 0.292 bits per heavy atom. The van der Waals surface area contributed by atoms with E-state index in [2.05, 4.69) is 0 Å². The van der Waals surface area contributed by atoms with Crippen LogP contribution in [-0.2, 0) is 24.7 Å². The van der Waals surface area contributed by atoms with Crippen molar-refractivity contribution in [2.24, 2.45) is 0 Å². The second-order valence-electron chi connectivity index (χ2n) is 11.1. The highest BCUT2D eigenvalue weighted by Crippen LogP contribution is 2.44. The number of hydrogen-bond acceptors (Lipinski definition) is 0. The lowest BCUT2D eigenvalue weighted by atomic mass is 9.87. The Labute approximate surface area is 263 Å². The number of hydrogen-bond donors (Lipinski definition) is 0. The van der Waals surface area contributed by atoms with Crippen LogP contribution in [0.25, 0.3) is 54.9 Å². The molecule has 0 heterocycles. The van der Waals surface area contributed by atoms with E-state index in [1.165, 1.54) is 24.3 Å². The molecule has 0 aliphatic carbocycles. The summed E-state index contributed by atoms with van der Waals surface area (Å²) in [7, 11) is 0. The van der Waals surface area contributed by atoms with E-state index < -0.39 is 58.1 Å². The fourth-order valence-electron chi connectivity index (χ4n) is 5.64. The maximum absolute atomic E-state index is 13.7. The Hall–Kier alpha value is -5.00. The van der Waals surface area contributed by atoms with Gasteiger partial charge in [-0.05, 0) is 116 Å². The molecule has 0 atom stereocenters. The van der Waals surface area contributed by atoms with Gasteiger partial charge in [0.05, 0.1) is 22.3 Å². The maximum Gasteiger partial charge on any atom is 0.416 e. The third-order valence-electron chi connectivity index (χ3n) is 7.86. The Kier molecular flexibility index (Phi) is 7.76. The van der Waals surface area contributed by atoms with Crippen LogP contribution in [0.15, 0.2) is 109 Å². The molecule has 0 bridgehead atoms. The van der Waals surface area contributed by atoms with Crippen molar-refractivity contribution < 1.29 is 52.7 Å². The number of fused-ring (bicyclic) bond motifs is 2. The monoisotopic (exact) mass is 678 g/mol. The van der Waals surface area contributed by atoms with E-state index in [1.807, 2.05) is 0 Å². The van der Waals surface area contributed by atoms with Crippen LogP contribution in [0.4, 0.5) is 52.7 Å². The van der Waals surface area contributed by atoms with Gasteiger partial charge in [-0.3, -0.25) is 0 Å². The topological polar surface area (TPSA) is 0 Å². The quantitative estimate of drug-likeness (QED) is 0.164. The fraction of sp³-hybridized carbons (Fsp3) is 0.111. The standard InChI is InChI=1S/C36H18F12/c37-33(38,39)25-11-23(12-26(17-25)34(40,41)42)21-9-19-5-1-3-7-29(19)31(15-21)32-16-22(10-20-6-2-4-8-30(20)32)24-13-27(35(43,44)45)18-28(14-24)36(46,47)48/h1-18H. The normalized spacial score (nSPS) is 13.0. The molecule has 12 heteroatoms. The van der Waals surface area contributed by atoms with Crippen molar-refractivity contribution in [3.8, 4) is 33.4 Å². The zero-order chi connectivity index (χ0) is 34.8. The molecule has 0 amide bonds. The summed E-state index contributed by atoms with van der Waals surface area (Å²) in [5.74, 6) is 0. The van der Waals surface area contributed by atoms with E-state index in [1.54, 1.807) is 48.5 Å². The van der Waals surface area contributed by atoms with Crippen LogP contribution in [0.3, 0.4) is 0 Å². The van der Waals surface area contributed by atoms with E-state index in [9.17, 15) is 52.7 Å². The summed E-state index contributed by atoms with van der Waals surface area (Å²) in [5.41, 5.74) is -6.45. The SMILES string of the molecule is FC(F)(F)c1cc(-c2cc(-c3cc(-c4cc(C(F)(F)F)cc(C(F)(F)F)c4)cc4ccccc34)c3ccccc3c2)cc(C(F)(F)F)c1. The molecule has 246 valence electrons. The molecule has 6 aromatic rings. The Bertz CT molecular complexity index is 1960. The smallest absolute Gasteiger partial charge is 0.166 e. The van der Waals surface area contributed by atoms with Crippen molar-refractivity contribution in [2.45, 2.75) is 24.7 Å². The first-order chi connectivity index (χ1) is 22.3. The predicted molar refractivity (Wildman–Crippen MR) is 158 cm³/mol. The molecule has 0 unspecified atom stereocenters. The summed E-state index contributed by atoms with van der Waals surface area (Å²) in [4.78, 5) is 0. The second-order valence-corrected chi connectivity index (χ2v) is 11.1. The van der Waals surface area contributed by atoms with Gasteiger partial charge in [0.2, 0.25) is 0 Å². The van der Waals surface area contributed by atoms with E-state index in [0.717, 1.165) is 0 Å². The van der Waals surface area contributed by atoms with Gasteiger partial charge in [0, 0.05) is 0 Å². The molecule has 0 spiro atoms. The molecule has 0 aromatic heterocycles. The summed E-state index contributed by atoms with van der Waals surface area (Å²) < 4.78 is 165. The van der Waals surface area contributed by atoms with Gasteiger partial charge in [0.15, 0.2) is 0 Å².